The van der Waals surface area contributed by atoms with Crippen molar-refractivity contribution in [3.63, 3.8) is 0 Å². The average Bonchev–Trinajstić information content (AvgIpc) is 2.29. The third-order valence-electron chi connectivity index (χ3n) is 3.81. The van der Waals surface area contributed by atoms with Crippen molar-refractivity contribution >= 4 is 0 Å². The van der Waals surface area contributed by atoms with Crippen molar-refractivity contribution in [2.45, 2.75) is 39.7 Å². The first-order valence-corrected chi connectivity index (χ1v) is 6.53. The Labute approximate surface area is 101 Å². The monoisotopic (exact) mass is 222 g/mol. The maximum absolute atomic E-state index is 5.22. The SMILES string of the molecule is C#CCNCC(C)N1CCC(C(C)C)CC1. The molecule has 1 heterocycles. The van der Waals surface area contributed by atoms with Gasteiger partial charge in [0.05, 0.1) is 6.54 Å². The molecule has 0 radical (unpaired) electrons. The second-order valence-electron chi connectivity index (χ2n) is 5.30. The molecule has 1 atom stereocenters. The molecule has 0 aliphatic carbocycles. The molecule has 16 heavy (non-hydrogen) atoms. The summed E-state index contributed by atoms with van der Waals surface area (Å²) < 4.78 is 0. The van der Waals surface area contributed by atoms with E-state index in [1.165, 1.54) is 25.9 Å². The Hall–Kier alpha value is -0.520. The van der Waals surface area contributed by atoms with Gasteiger partial charge in [0.25, 0.3) is 0 Å². The van der Waals surface area contributed by atoms with Crippen LogP contribution < -0.4 is 5.32 Å². The number of hydrogen-bond donors (Lipinski definition) is 1. The summed E-state index contributed by atoms with van der Waals surface area (Å²) in [6, 6.07) is 0.612. The van der Waals surface area contributed by atoms with Crippen LogP contribution in [0, 0.1) is 24.2 Å². The molecule has 2 heteroatoms. The van der Waals surface area contributed by atoms with E-state index in [-0.39, 0.29) is 0 Å². The predicted octanol–water partition coefficient (Wildman–Crippen LogP) is 1.97. The van der Waals surface area contributed by atoms with Crippen LogP contribution in [0.15, 0.2) is 0 Å². The summed E-state index contributed by atoms with van der Waals surface area (Å²) in [7, 11) is 0. The van der Waals surface area contributed by atoms with Crippen molar-refractivity contribution < 1.29 is 0 Å². The van der Waals surface area contributed by atoms with E-state index in [4.69, 9.17) is 6.42 Å². The van der Waals surface area contributed by atoms with Crippen LogP contribution in [0.1, 0.15) is 33.6 Å². The maximum Gasteiger partial charge on any atom is 0.0574 e. The quantitative estimate of drug-likeness (QED) is 0.565. The van der Waals surface area contributed by atoms with Crippen molar-refractivity contribution in [1.82, 2.24) is 10.2 Å². The molecule has 0 aromatic rings. The highest BCUT2D eigenvalue weighted by Crippen LogP contribution is 2.25. The van der Waals surface area contributed by atoms with Gasteiger partial charge in [-0.1, -0.05) is 19.8 Å². The Morgan fingerprint density at radius 1 is 1.31 bits per heavy atom. The van der Waals surface area contributed by atoms with E-state index in [0.717, 1.165) is 18.4 Å². The zero-order valence-corrected chi connectivity index (χ0v) is 11.0. The number of piperidine rings is 1. The van der Waals surface area contributed by atoms with Crippen LogP contribution in [0.25, 0.3) is 0 Å². The van der Waals surface area contributed by atoms with Gasteiger partial charge in [0.15, 0.2) is 0 Å². The molecule has 1 unspecified atom stereocenters. The Bertz CT molecular complexity index is 221. The van der Waals surface area contributed by atoms with Gasteiger partial charge in [0, 0.05) is 12.6 Å². The lowest BCUT2D eigenvalue weighted by Gasteiger charge is -2.37. The predicted molar refractivity (Wildman–Crippen MR) is 70.3 cm³/mol. The van der Waals surface area contributed by atoms with Gasteiger partial charge in [-0.3, -0.25) is 4.90 Å². The molecule has 0 aromatic carbocycles. The molecule has 0 saturated carbocycles. The topological polar surface area (TPSA) is 15.3 Å². The van der Waals surface area contributed by atoms with E-state index < -0.39 is 0 Å². The highest BCUT2D eigenvalue weighted by Gasteiger charge is 2.23. The fourth-order valence-electron chi connectivity index (χ4n) is 2.51. The Kier molecular flexibility index (Phi) is 5.87. The lowest BCUT2D eigenvalue weighted by molar-refractivity contribution is 0.121. The van der Waals surface area contributed by atoms with Crippen molar-refractivity contribution in [3.8, 4) is 12.3 Å². The van der Waals surface area contributed by atoms with Crippen molar-refractivity contribution in [2.24, 2.45) is 11.8 Å². The zero-order chi connectivity index (χ0) is 12.0. The molecule has 92 valence electrons. The molecule has 1 rings (SSSR count). The summed E-state index contributed by atoms with van der Waals surface area (Å²) in [6.07, 6.45) is 7.94. The van der Waals surface area contributed by atoms with Crippen LogP contribution in [-0.4, -0.2) is 37.1 Å². The Balaban J connectivity index is 2.22. The van der Waals surface area contributed by atoms with Crippen LogP contribution in [0.2, 0.25) is 0 Å². The number of hydrogen-bond acceptors (Lipinski definition) is 2. The summed E-state index contributed by atoms with van der Waals surface area (Å²) in [5, 5.41) is 3.29. The van der Waals surface area contributed by atoms with Gasteiger partial charge >= 0.3 is 0 Å². The van der Waals surface area contributed by atoms with Gasteiger partial charge in [0.2, 0.25) is 0 Å². The van der Waals surface area contributed by atoms with E-state index >= 15 is 0 Å². The largest absolute Gasteiger partial charge is 0.305 e. The molecule has 0 bridgehead atoms. The number of likely N-dealkylation sites (tertiary alicyclic amines) is 1. The van der Waals surface area contributed by atoms with Crippen LogP contribution in [0.5, 0.6) is 0 Å². The highest BCUT2D eigenvalue weighted by atomic mass is 15.2. The summed E-state index contributed by atoms with van der Waals surface area (Å²) in [4.78, 5) is 2.59. The number of nitrogens with one attached hydrogen (secondary N) is 1. The number of nitrogens with zero attached hydrogens (tertiary/aromatic N) is 1. The van der Waals surface area contributed by atoms with Gasteiger partial charge in [0.1, 0.15) is 0 Å². The van der Waals surface area contributed by atoms with Crippen LogP contribution in [0.3, 0.4) is 0 Å². The minimum Gasteiger partial charge on any atom is -0.305 e. The standard InChI is InChI=1S/C14H26N2/c1-5-8-15-11-13(4)16-9-6-14(7-10-16)12(2)3/h1,12-15H,6-11H2,2-4H3. The van der Waals surface area contributed by atoms with E-state index in [0.29, 0.717) is 12.6 Å². The fraction of sp³-hybridized carbons (Fsp3) is 0.857. The third kappa shape index (κ3) is 4.15. The Morgan fingerprint density at radius 3 is 2.44 bits per heavy atom. The van der Waals surface area contributed by atoms with E-state index in [1.807, 2.05) is 0 Å². The molecule has 1 aliphatic rings. The minimum absolute atomic E-state index is 0.612. The lowest BCUT2D eigenvalue weighted by Crippen LogP contribution is -2.45. The molecule has 0 amide bonds. The smallest absolute Gasteiger partial charge is 0.0574 e. The summed E-state index contributed by atoms with van der Waals surface area (Å²) >= 11 is 0. The van der Waals surface area contributed by atoms with Gasteiger partial charge in [-0.15, -0.1) is 6.42 Å². The highest BCUT2D eigenvalue weighted by molar-refractivity contribution is 4.87. The van der Waals surface area contributed by atoms with Crippen molar-refractivity contribution in [1.29, 1.82) is 0 Å². The third-order valence-corrected chi connectivity index (χ3v) is 3.81. The molecular formula is C14H26N2. The molecule has 0 spiro atoms. The normalized spacial score (nSPS) is 20.9. The molecule has 1 aliphatic heterocycles. The first kappa shape index (κ1) is 13.5. The summed E-state index contributed by atoms with van der Waals surface area (Å²) in [5.41, 5.74) is 0. The van der Waals surface area contributed by atoms with Gasteiger partial charge in [-0.25, -0.2) is 0 Å². The fourth-order valence-corrected chi connectivity index (χ4v) is 2.51. The summed E-state index contributed by atoms with van der Waals surface area (Å²) in [6.45, 7) is 11.2. The van der Waals surface area contributed by atoms with Crippen LogP contribution >= 0.6 is 0 Å². The maximum atomic E-state index is 5.22. The van der Waals surface area contributed by atoms with Gasteiger partial charge in [-0.05, 0) is 44.7 Å². The minimum atomic E-state index is 0.612. The molecule has 1 fully saturated rings. The average molecular weight is 222 g/mol. The first-order valence-electron chi connectivity index (χ1n) is 6.53. The van der Waals surface area contributed by atoms with Crippen molar-refractivity contribution in [3.05, 3.63) is 0 Å². The lowest BCUT2D eigenvalue weighted by atomic mass is 9.86. The van der Waals surface area contributed by atoms with Crippen molar-refractivity contribution in [2.75, 3.05) is 26.2 Å². The molecular weight excluding hydrogens is 196 g/mol. The second kappa shape index (κ2) is 6.93. The van der Waals surface area contributed by atoms with E-state index in [2.05, 4.69) is 36.9 Å². The Morgan fingerprint density at radius 2 is 1.94 bits per heavy atom. The van der Waals surface area contributed by atoms with E-state index in [1.54, 1.807) is 0 Å². The zero-order valence-electron chi connectivity index (χ0n) is 11.0. The van der Waals surface area contributed by atoms with Crippen LogP contribution in [-0.2, 0) is 0 Å². The molecule has 0 aromatic heterocycles. The number of terminal acetylenes is 1. The second-order valence-corrected chi connectivity index (χ2v) is 5.30. The van der Waals surface area contributed by atoms with E-state index in [9.17, 15) is 0 Å². The van der Waals surface area contributed by atoms with Gasteiger partial charge in [-0.2, -0.15) is 0 Å². The van der Waals surface area contributed by atoms with Crippen LogP contribution in [0.4, 0.5) is 0 Å². The molecule has 1 saturated heterocycles. The first-order chi connectivity index (χ1) is 7.65. The molecule has 2 nitrogen and oxygen atoms in total. The van der Waals surface area contributed by atoms with Gasteiger partial charge < -0.3 is 5.32 Å². The number of rotatable bonds is 5. The summed E-state index contributed by atoms with van der Waals surface area (Å²) in [5.74, 6) is 4.40. The molecule has 1 N–H and O–H groups in total.